The maximum atomic E-state index is 12.6. The van der Waals surface area contributed by atoms with Crippen LogP contribution in [0.25, 0.3) is 0 Å². The van der Waals surface area contributed by atoms with Crippen LogP contribution < -0.4 is 15.4 Å². The van der Waals surface area contributed by atoms with Crippen molar-refractivity contribution in [3.63, 3.8) is 0 Å². The molecule has 0 atom stereocenters. The number of aromatic nitrogens is 2. The van der Waals surface area contributed by atoms with E-state index in [0.717, 1.165) is 0 Å². The molecule has 0 radical (unpaired) electrons. The Labute approximate surface area is 147 Å². The van der Waals surface area contributed by atoms with E-state index in [0.29, 0.717) is 36.2 Å². The van der Waals surface area contributed by atoms with E-state index in [1.165, 1.54) is 0 Å². The van der Waals surface area contributed by atoms with Crippen LogP contribution in [0, 0.1) is 6.92 Å². The number of methoxy groups -OCH3 is 1. The second-order valence-electron chi connectivity index (χ2n) is 5.72. The van der Waals surface area contributed by atoms with Gasteiger partial charge in [-0.05, 0) is 32.9 Å². The van der Waals surface area contributed by atoms with Gasteiger partial charge in [0.05, 0.1) is 18.4 Å². The third-order valence-corrected chi connectivity index (χ3v) is 3.18. The second kappa shape index (κ2) is 8.98. The summed E-state index contributed by atoms with van der Waals surface area (Å²) in [7, 11) is 1.63. The van der Waals surface area contributed by atoms with Gasteiger partial charge in [-0.25, -0.2) is 9.97 Å². The fourth-order valence-electron chi connectivity index (χ4n) is 2.17. The highest BCUT2D eigenvalue weighted by molar-refractivity contribution is 6.04. The molecule has 1 aromatic carbocycles. The minimum Gasteiger partial charge on any atom is -0.489 e. The zero-order chi connectivity index (χ0) is 18.2. The summed E-state index contributed by atoms with van der Waals surface area (Å²) in [5, 5.41) is 5.95. The van der Waals surface area contributed by atoms with Crippen LogP contribution in [0.4, 0.5) is 11.5 Å². The van der Waals surface area contributed by atoms with E-state index >= 15 is 0 Å². The summed E-state index contributed by atoms with van der Waals surface area (Å²) in [6, 6.07) is 8.93. The molecule has 25 heavy (non-hydrogen) atoms. The number of para-hydroxylation sites is 2. The molecule has 0 bridgehead atoms. The minimum atomic E-state index is -0.319. The van der Waals surface area contributed by atoms with Crippen LogP contribution in [0.1, 0.15) is 30.2 Å². The molecule has 1 aromatic heterocycles. The summed E-state index contributed by atoms with van der Waals surface area (Å²) in [5.41, 5.74) is 0.887. The number of rotatable bonds is 8. The lowest BCUT2D eigenvalue weighted by Crippen LogP contribution is -2.18. The fourth-order valence-corrected chi connectivity index (χ4v) is 2.17. The van der Waals surface area contributed by atoms with Crippen LogP contribution in [-0.2, 0) is 4.74 Å². The van der Waals surface area contributed by atoms with Gasteiger partial charge in [0.15, 0.2) is 0 Å². The zero-order valence-electron chi connectivity index (χ0n) is 15.0. The average molecular weight is 344 g/mol. The third kappa shape index (κ3) is 5.72. The van der Waals surface area contributed by atoms with Gasteiger partial charge < -0.3 is 20.1 Å². The Hall–Kier alpha value is -2.67. The number of ether oxygens (including phenoxy) is 2. The molecule has 1 heterocycles. The first-order valence-electron chi connectivity index (χ1n) is 8.15. The summed E-state index contributed by atoms with van der Waals surface area (Å²) in [6.45, 7) is 6.76. The number of nitrogens with zero attached hydrogens (tertiary/aromatic N) is 2. The largest absolute Gasteiger partial charge is 0.489 e. The van der Waals surface area contributed by atoms with Gasteiger partial charge in [0.1, 0.15) is 23.1 Å². The van der Waals surface area contributed by atoms with Crippen molar-refractivity contribution in [1.82, 2.24) is 9.97 Å². The smallest absolute Gasteiger partial charge is 0.274 e. The van der Waals surface area contributed by atoms with Crippen molar-refractivity contribution in [2.45, 2.75) is 26.9 Å². The highest BCUT2D eigenvalue weighted by atomic mass is 16.5. The normalized spacial score (nSPS) is 10.6. The lowest BCUT2D eigenvalue weighted by Gasteiger charge is -2.15. The van der Waals surface area contributed by atoms with Crippen molar-refractivity contribution in [2.24, 2.45) is 0 Å². The van der Waals surface area contributed by atoms with Gasteiger partial charge in [-0.3, -0.25) is 4.79 Å². The summed E-state index contributed by atoms with van der Waals surface area (Å²) >= 11 is 0. The Balaban J connectivity index is 2.15. The highest BCUT2D eigenvalue weighted by Gasteiger charge is 2.13. The van der Waals surface area contributed by atoms with Crippen LogP contribution in [-0.4, -0.2) is 42.2 Å². The molecule has 0 saturated heterocycles. The quantitative estimate of drug-likeness (QED) is 0.716. The van der Waals surface area contributed by atoms with E-state index in [1.807, 2.05) is 32.0 Å². The summed E-state index contributed by atoms with van der Waals surface area (Å²) in [5.74, 6) is 1.40. The SMILES string of the molecule is COCCNc1cc(C(=O)Nc2ccccc2OC(C)C)nc(C)n1. The molecular formula is C18H24N4O3. The number of nitrogens with one attached hydrogen (secondary N) is 2. The Morgan fingerprint density at radius 1 is 1.24 bits per heavy atom. The van der Waals surface area contributed by atoms with Crippen molar-refractivity contribution in [1.29, 1.82) is 0 Å². The average Bonchev–Trinajstić information content (AvgIpc) is 2.56. The van der Waals surface area contributed by atoms with E-state index in [2.05, 4.69) is 20.6 Å². The van der Waals surface area contributed by atoms with Crippen molar-refractivity contribution in [3.05, 3.63) is 41.9 Å². The summed E-state index contributed by atoms with van der Waals surface area (Å²) in [4.78, 5) is 21.1. The van der Waals surface area contributed by atoms with E-state index in [9.17, 15) is 4.79 Å². The number of amides is 1. The molecule has 0 unspecified atom stereocenters. The Bertz CT molecular complexity index is 719. The molecular weight excluding hydrogens is 320 g/mol. The first-order chi connectivity index (χ1) is 12.0. The molecule has 0 saturated carbocycles. The van der Waals surface area contributed by atoms with Gasteiger partial charge in [-0.15, -0.1) is 0 Å². The molecule has 0 fully saturated rings. The van der Waals surface area contributed by atoms with Crippen LogP contribution >= 0.6 is 0 Å². The molecule has 0 spiro atoms. The number of hydrogen-bond donors (Lipinski definition) is 2. The Morgan fingerprint density at radius 3 is 2.72 bits per heavy atom. The van der Waals surface area contributed by atoms with Crippen molar-refractivity contribution < 1.29 is 14.3 Å². The monoisotopic (exact) mass is 344 g/mol. The third-order valence-electron chi connectivity index (χ3n) is 3.18. The molecule has 134 valence electrons. The topological polar surface area (TPSA) is 85.4 Å². The lowest BCUT2D eigenvalue weighted by molar-refractivity contribution is 0.102. The van der Waals surface area contributed by atoms with E-state index in [4.69, 9.17) is 9.47 Å². The van der Waals surface area contributed by atoms with Gasteiger partial charge in [0.25, 0.3) is 5.91 Å². The van der Waals surface area contributed by atoms with Crippen molar-refractivity contribution >= 4 is 17.4 Å². The van der Waals surface area contributed by atoms with Gasteiger partial charge in [-0.1, -0.05) is 12.1 Å². The number of anilines is 2. The number of hydrogen-bond acceptors (Lipinski definition) is 6. The maximum absolute atomic E-state index is 12.6. The summed E-state index contributed by atoms with van der Waals surface area (Å²) in [6.07, 6.45) is 0.0101. The van der Waals surface area contributed by atoms with E-state index in [1.54, 1.807) is 26.2 Å². The Morgan fingerprint density at radius 2 is 2.00 bits per heavy atom. The molecule has 2 aromatic rings. The molecule has 2 rings (SSSR count). The number of benzene rings is 1. The predicted octanol–water partition coefficient (Wildman–Crippen LogP) is 2.88. The van der Waals surface area contributed by atoms with E-state index < -0.39 is 0 Å². The van der Waals surface area contributed by atoms with Gasteiger partial charge in [-0.2, -0.15) is 0 Å². The number of carbonyl (C=O) groups excluding carboxylic acids is 1. The fraction of sp³-hybridized carbons (Fsp3) is 0.389. The molecule has 0 aliphatic heterocycles. The molecule has 0 aliphatic rings. The highest BCUT2D eigenvalue weighted by Crippen LogP contribution is 2.25. The molecule has 0 aliphatic carbocycles. The van der Waals surface area contributed by atoms with Crippen LogP contribution in [0.3, 0.4) is 0 Å². The Kier molecular flexibility index (Phi) is 6.71. The number of carbonyl (C=O) groups is 1. The first kappa shape index (κ1) is 18.7. The van der Waals surface area contributed by atoms with Gasteiger partial charge in [0, 0.05) is 19.7 Å². The van der Waals surface area contributed by atoms with Crippen LogP contribution in [0.5, 0.6) is 5.75 Å². The van der Waals surface area contributed by atoms with Gasteiger partial charge in [0.2, 0.25) is 0 Å². The van der Waals surface area contributed by atoms with Crippen molar-refractivity contribution in [3.8, 4) is 5.75 Å². The minimum absolute atomic E-state index is 0.0101. The molecule has 7 heteroatoms. The van der Waals surface area contributed by atoms with Crippen LogP contribution in [0.15, 0.2) is 30.3 Å². The lowest BCUT2D eigenvalue weighted by atomic mass is 10.2. The molecule has 2 N–H and O–H groups in total. The summed E-state index contributed by atoms with van der Waals surface area (Å²) < 4.78 is 10.7. The van der Waals surface area contributed by atoms with Crippen LogP contribution in [0.2, 0.25) is 0 Å². The maximum Gasteiger partial charge on any atom is 0.274 e. The number of aryl methyl sites for hydroxylation is 1. The van der Waals surface area contributed by atoms with Gasteiger partial charge >= 0.3 is 0 Å². The van der Waals surface area contributed by atoms with Crippen molar-refractivity contribution in [2.75, 3.05) is 30.9 Å². The molecule has 1 amide bonds. The van der Waals surface area contributed by atoms with E-state index in [-0.39, 0.29) is 17.7 Å². The second-order valence-corrected chi connectivity index (χ2v) is 5.72. The predicted molar refractivity (Wildman–Crippen MR) is 97.3 cm³/mol. The zero-order valence-corrected chi connectivity index (χ0v) is 15.0. The standard InChI is InChI=1S/C18H24N4O3/c1-12(2)25-16-8-6-5-7-14(16)22-18(23)15-11-17(19-9-10-24-4)21-13(3)20-15/h5-8,11-12H,9-10H2,1-4H3,(H,22,23)(H,19,20,21). The molecule has 7 nitrogen and oxygen atoms in total. The first-order valence-corrected chi connectivity index (χ1v) is 8.15.